The van der Waals surface area contributed by atoms with Gasteiger partial charge in [0.15, 0.2) is 5.76 Å². The Labute approximate surface area is 146 Å². The van der Waals surface area contributed by atoms with Crippen molar-refractivity contribution in [3.63, 3.8) is 0 Å². The van der Waals surface area contributed by atoms with Gasteiger partial charge in [-0.3, -0.25) is 4.79 Å². The van der Waals surface area contributed by atoms with Gasteiger partial charge in [-0.15, -0.1) is 0 Å². The molecule has 5 nitrogen and oxygen atoms in total. The van der Waals surface area contributed by atoms with Gasteiger partial charge in [0.1, 0.15) is 6.26 Å². The van der Waals surface area contributed by atoms with E-state index in [0.717, 1.165) is 37.5 Å². The van der Waals surface area contributed by atoms with E-state index in [1.165, 1.54) is 6.07 Å². The van der Waals surface area contributed by atoms with E-state index in [0.29, 0.717) is 6.54 Å². The van der Waals surface area contributed by atoms with Crippen LogP contribution >= 0.6 is 0 Å². The summed E-state index contributed by atoms with van der Waals surface area (Å²) in [6.45, 7) is 0.645. The maximum Gasteiger partial charge on any atom is 0.338 e. The van der Waals surface area contributed by atoms with Gasteiger partial charge in [0.25, 0.3) is 5.91 Å². The van der Waals surface area contributed by atoms with E-state index < -0.39 is 5.97 Å². The molecule has 1 amide bonds. The molecule has 2 heterocycles. The van der Waals surface area contributed by atoms with E-state index in [9.17, 15) is 9.59 Å². The molecule has 5 heteroatoms. The van der Waals surface area contributed by atoms with Crippen LogP contribution < -0.4 is 0 Å². The number of amides is 1. The predicted octanol–water partition coefficient (Wildman–Crippen LogP) is 4.08. The highest BCUT2D eigenvalue weighted by Gasteiger charge is 2.27. The third-order valence-electron chi connectivity index (χ3n) is 4.43. The zero-order chi connectivity index (χ0) is 17.6. The number of rotatable bonds is 4. The van der Waals surface area contributed by atoms with Crippen LogP contribution in [0.15, 0.2) is 53.2 Å². The summed E-state index contributed by atoms with van der Waals surface area (Å²) < 4.78 is 5.20. The Morgan fingerprint density at radius 3 is 2.68 bits per heavy atom. The van der Waals surface area contributed by atoms with Crippen LogP contribution in [-0.2, 0) is 0 Å². The van der Waals surface area contributed by atoms with Crippen molar-refractivity contribution in [3.05, 3.63) is 65.6 Å². The molecule has 0 radical (unpaired) electrons. The standard InChI is InChI=1S/C20H21NO4/c22-19(18-13-16(14-25-18)20(23)24)21-12-6-2-5-9-17(21)11-10-15-7-3-1-4-8-15/h1,3-4,7-8,10-11,13-14,17H,2,5-6,9,12H2,(H,23,24)/b11-10+. The van der Waals surface area contributed by atoms with E-state index in [4.69, 9.17) is 9.52 Å². The molecule has 0 aliphatic carbocycles. The van der Waals surface area contributed by atoms with Gasteiger partial charge in [0, 0.05) is 12.6 Å². The number of carbonyl (C=O) groups excluding carboxylic acids is 1. The van der Waals surface area contributed by atoms with Crippen LogP contribution in [0.5, 0.6) is 0 Å². The summed E-state index contributed by atoms with van der Waals surface area (Å²) in [5, 5.41) is 9.00. The van der Waals surface area contributed by atoms with Gasteiger partial charge in [-0.1, -0.05) is 55.3 Å². The summed E-state index contributed by atoms with van der Waals surface area (Å²) in [5.41, 5.74) is 1.08. The molecule has 1 fully saturated rings. The SMILES string of the molecule is O=C(O)c1coc(C(=O)N2CCCCCC2/C=C/c2ccccc2)c1. The molecule has 0 saturated carbocycles. The molecule has 1 aliphatic rings. The number of carboxylic acids is 1. The Hall–Kier alpha value is -2.82. The number of furan rings is 1. The third kappa shape index (κ3) is 4.18. The van der Waals surface area contributed by atoms with E-state index in [1.54, 1.807) is 4.90 Å². The zero-order valence-electron chi connectivity index (χ0n) is 13.9. The first-order valence-electron chi connectivity index (χ1n) is 8.51. The highest BCUT2D eigenvalue weighted by Crippen LogP contribution is 2.22. The smallest absolute Gasteiger partial charge is 0.338 e. The summed E-state index contributed by atoms with van der Waals surface area (Å²) in [7, 11) is 0. The molecule has 0 bridgehead atoms. The topological polar surface area (TPSA) is 70.7 Å². The maximum absolute atomic E-state index is 12.8. The summed E-state index contributed by atoms with van der Waals surface area (Å²) in [6, 6.07) is 11.2. The first-order chi connectivity index (χ1) is 12.1. The molecule has 25 heavy (non-hydrogen) atoms. The minimum Gasteiger partial charge on any atom is -0.478 e. The highest BCUT2D eigenvalue weighted by molar-refractivity contribution is 5.95. The van der Waals surface area contributed by atoms with Gasteiger partial charge in [-0.25, -0.2) is 4.79 Å². The van der Waals surface area contributed by atoms with Crippen molar-refractivity contribution in [2.75, 3.05) is 6.54 Å². The van der Waals surface area contributed by atoms with Crippen LogP contribution in [-0.4, -0.2) is 34.5 Å². The van der Waals surface area contributed by atoms with E-state index in [2.05, 4.69) is 6.08 Å². The van der Waals surface area contributed by atoms with Gasteiger partial charge in [0.05, 0.1) is 11.6 Å². The number of aromatic carboxylic acids is 1. The molecular formula is C20H21NO4. The van der Waals surface area contributed by atoms with Gasteiger partial charge < -0.3 is 14.4 Å². The van der Waals surface area contributed by atoms with Crippen LogP contribution in [0, 0.1) is 0 Å². The summed E-state index contributed by atoms with van der Waals surface area (Å²) >= 11 is 0. The largest absolute Gasteiger partial charge is 0.478 e. The van der Waals surface area contributed by atoms with Crippen molar-refractivity contribution in [1.29, 1.82) is 0 Å². The molecule has 1 aromatic carbocycles. The van der Waals surface area contributed by atoms with Crippen molar-refractivity contribution in [1.82, 2.24) is 4.90 Å². The molecule has 0 spiro atoms. The van der Waals surface area contributed by atoms with Crippen LogP contribution in [0.25, 0.3) is 6.08 Å². The summed E-state index contributed by atoms with van der Waals surface area (Å²) in [5.74, 6) is -1.27. The number of carboxylic acid groups (broad SMARTS) is 1. The second kappa shape index (κ2) is 7.83. The van der Waals surface area contributed by atoms with Crippen molar-refractivity contribution >= 4 is 18.0 Å². The van der Waals surface area contributed by atoms with E-state index in [1.807, 2.05) is 36.4 Å². The molecule has 1 N–H and O–H groups in total. The second-order valence-electron chi connectivity index (χ2n) is 6.19. The molecule has 1 saturated heterocycles. The molecular weight excluding hydrogens is 318 g/mol. The number of likely N-dealkylation sites (tertiary alicyclic amines) is 1. The molecule has 1 atom stereocenters. The Morgan fingerprint density at radius 1 is 1.16 bits per heavy atom. The van der Waals surface area contributed by atoms with Crippen LogP contribution in [0.1, 0.15) is 52.2 Å². The van der Waals surface area contributed by atoms with E-state index in [-0.39, 0.29) is 23.3 Å². The van der Waals surface area contributed by atoms with Crippen molar-refractivity contribution in [2.45, 2.75) is 31.7 Å². The molecule has 1 aromatic heterocycles. The Morgan fingerprint density at radius 2 is 1.96 bits per heavy atom. The number of nitrogens with zero attached hydrogens (tertiary/aromatic N) is 1. The molecule has 2 aromatic rings. The fraction of sp³-hybridized carbons (Fsp3) is 0.300. The number of carbonyl (C=O) groups is 2. The average molecular weight is 339 g/mol. The fourth-order valence-electron chi connectivity index (χ4n) is 3.07. The first kappa shape index (κ1) is 17.0. The number of benzene rings is 1. The lowest BCUT2D eigenvalue weighted by atomic mass is 10.1. The van der Waals surface area contributed by atoms with Gasteiger partial charge in [-0.2, -0.15) is 0 Å². The van der Waals surface area contributed by atoms with Crippen LogP contribution in [0.3, 0.4) is 0 Å². The minimum atomic E-state index is -1.10. The monoisotopic (exact) mass is 339 g/mol. The van der Waals surface area contributed by atoms with Crippen molar-refractivity contribution < 1.29 is 19.1 Å². The van der Waals surface area contributed by atoms with Crippen LogP contribution in [0.2, 0.25) is 0 Å². The minimum absolute atomic E-state index is 0.00505. The molecule has 3 rings (SSSR count). The quantitative estimate of drug-likeness (QED) is 0.911. The number of hydrogen-bond donors (Lipinski definition) is 1. The lowest BCUT2D eigenvalue weighted by Gasteiger charge is -2.27. The van der Waals surface area contributed by atoms with Crippen molar-refractivity contribution in [3.8, 4) is 0 Å². The summed E-state index contributed by atoms with van der Waals surface area (Å²) in [6.07, 6.45) is 9.17. The first-order valence-corrected chi connectivity index (χ1v) is 8.51. The van der Waals surface area contributed by atoms with Crippen LogP contribution in [0.4, 0.5) is 0 Å². The van der Waals surface area contributed by atoms with Gasteiger partial charge >= 0.3 is 5.97 Å². The second-order valence-corrected chi connectivity index (χ2v) is 6.19. The Kier molecular flexibility index (Phi) is 5.33. The fourth-order valence-corrected chi connectivity index (χ4v) is 3.07. The highest BCUT2D eigenvalue weighted by atomic mass is 16.4. The van der Waals surface area contributed by atoms with Gasteiger partial charge in [-0.05, 0) is 18.4 Å². The molecule has 130 valence electrons. The molecule has 1 unspecified atom stereocenters. The lowest BCUT2D eigenvalue weighted by molar-refractivity contribution is 0.0681. The average Bonchev–Trinajstić information content (AvgIpc) is 3.01. The zero-order valence-corrected chi connectivity index (χ0v) is 13.9. The van der Waals surface area contributed by atoms with E-state index >= 15 is 0 Å². The lowest BCUT2D eigenvalue weighted by Crippen LogP contribution is -2.38. The summed E-state index contributed by atoms with van der Waals surface area (Å²) in [4.78, 5) is 25.6. The predicted molar refractivity (Wildman–Crippen MR) is 94.4 cm³/mol. The number of hydrogen-bond acceptors (Lipinski definition) is 3. The van der Waals surface area contributed by atoms with Crippen molar-refractivity contribution in [2.24, 2.45) is 0 Å². The maximum atomic E-state index is 12.8. The third-order valence-corrected chi connectivity index (χ3v) is 4.43. The Balaban J connectivity index is 1.80. The van der Waals surface area contributed by atoms with Gasteiger partial charge in [0.2, 0.25) is 0 Å². The Bertz CT molecular complexity index is 763. The molecule has 1 aliphatic heterocycles. The normalized spacial score (nSPS) is 18.2.